The first-order valence-corrected chi connectivity index (χ1v) is 15.6. The normalized spacial score (nSPS) is 12.7. The number of carbonyl (C=O) groups excluding carboxylic acids is 2. The quantitative estimate of drug-likeness (QED) is 0.0749. The van der Waals surface area contributed by atoms with Crippen LogP contribution in [0.5, 0.6) is 0 Å². The first-order chi connectivity index (χ1) is 22.6. The van der Waals surface area contributed by atoms with Crippen LogP contribution in [-0.2, 0) is 26.9 Å². The van der Waals surface area contributed by atoms with Crippen LogP contribution in [0.4, 0.5) is 22.0 Å². The maximum atomic E-state index is 16.0. The standard InChI is InChI=1S/C35H37ClF5N3O4/c1-6-9-10-11-13-22-16-24(37)14-20(4)31(22)23-17-25(32(38)26(18-23)35(39,40)41)27(19-30(45)48-8-3)42-33(46)28(12-7-2)44-34(47)21(5)15-29(36)43-44/h6-7,14-18,27-28H,1-2,8-13,19H2,3-5H3,(H,42,46)/t27-,28-/m0/s1. The Bertz CT molecular complexity index is 1740. The molecule has 3 aromatic rings. The lowest BCUT2D eigenvalue weighted by Crippen LogP contribution is -2.41. The van der Waals surface area contributed by atoms with Gasteiger partial charge in [-0.3, -0.25) is 14.4 Å². The zero-order valence-electron chi connectivity index (χ0n) is 26.9. The van der Waals surface area contributed by atoms with Gasteiger partial charge in [-0.1, -0.05) is 23.8 Å². The number of halogens is 6. The van der Waals surface area contributed by atoms with Gasteiger partial charge in [0.2, 0.25) is 5.91 Å². The predicted molar refractivity (Wildman–Crippen MR) is 174 cm³/mol. The molecule has 2 atom stereocenters. The third kappa shape index (κ3) is 9.40. The summed E-state index contributed by atoms with van der Waals surface area (Å²) in [5, 5.41) is 6.27. The number of nitrogens with zero attached hydrogens (tertiary/aromatic N) is 2. The van der Waals surface area contributed by atoms with Crippen LogP contribution in [0.25, 0.3) is 11.1 Å². The van der Waals surface area contributed by atoms with E-state index in [4.69, 9.17) is 16.3 Å². The van der Waals surface area contributed by atoms with Gasteiger partial charge in [-0.15, -0.1) is 13.2 Å². The molecule has 1 amide bonds. The van der Waals surface area contributed by atoms with Crippen molar-refractivity contribution in [1.29, 1.82) is 0 Å². The number of carbonyl (C=O) groups is 2. The lowest BCUT2D eigenvalue weighted by Gasteiger charge is -2.25. The minimum atomic E-state index is -5.19. The molecule has 0 aliphatic rings. The molecule has 0 saturated carbocycles. The molecule has 0 radical (unpaired) electrons. The summed E-state index contributed by atoms with van der Waals surface area (Å²) in [6.45, 7) is 11.6. The fourth-order valence-corrected chi connectivity index (χ4v) is 5.70. The van der Waals surface area contributed by atoms with Gasteiger partial charge in [0.05, 0.1) is 24.6 Å². The molecule has 0 aliphatic carbocycles. The highest BCUT2D eigenvalue weighted by Gasteiger charge is 2.38. The molecule has 2 aromatic carbocycles. The van der Waals surface area contributed by atoms with E-state index < -0.39 is 64.9 Å². The second-order valence-electron chi connectivity index (χ2n) is 11.2. The number of allylic oxidation sites excluding steroid dienone is 2. The first kappa shape index (κ1) is 38.1. The minimum absolute atomic E-state index is 0.0935. The van der Waals surface area contributed by atoms with Gasteiger partial charge in [-0.05, 0) is 105 Å². The molecule has 13 heteroatoms. The van der Waals surface area contributed by atoms with Crippen molar-refractivity contribution in [3.63, 3.8) is 0 Å². The summed E-state index contributed by atoms with van der Waals surface area (Å²) in [6.07, 6.45) is -0.828. The minimum Gasteiger partial charge on any atom is -0.466 e. The lowest BCUT2D eigenvalue weighted by atomic mass is 9.88. The van der Waals surface area contributed by atoms with E-state index in [1.807, 2.05) is 0 Å². The second kappa shape index (κ2) is 16.7. The molecule has 0 fully saturated rings. The SMILES string of the molecule is C=CCCCCc1cc(F)cc(C)c1-c1cc([C@H](CC(=O)OCC)NC(=O)[C@H](CC=C)n2nc(Cl)cc(C)c2=O)c(F)c(C(F)(F)F)c1. The van der Waals surface area contributed by atoms with Crippen LogP contribution in [0, 0.1) is 25.5 Å². The van der Waals surface area contributed by atoms with E-state index in [2.05, 4.69) is 23.6 Å². The summed E-state index contributed by atoms with van der Waals surface area (Å²) in [5.41, 5.74) is -1.96. The fraction of sp³-hybridized carbons (Fsp3) is 0.371. The monoisotopic (exact) mass is 693 g/mol. The number of aromatic nitrogens is 2. The van der Waals surface area contributed by atoms with E-state index in [0.717, 1.165) is 16.8 Å². The Morgan fingerprint density at radius 1 is 1.06 bits per heavy atom. The first-order valence-electron chi connectivity index (χ1n) is 15.3. The average molecular weight is 694 g/mol. The molecule has 1 aromatic heterocycles. The highest BCUT2D eigenvalue weighted by Crippen LogP contribution is 2.40. The van der Waals surface area contributed by atoms with Crippen LogP contribution in [-0.4, -0.2) is 28.3 Å². The van der Waals surface area contributed by atoms with Gasteiger partial charge in [-0.25, -0.2) is 13.5 Å². The van der Waals surface area contributed by atoms with Crippen molar-refractivity contribution in [2.75, 3.05) is 6.61 Å². The van der Waals surface area contributed by atoms with Crippen molar-refractivity contribution in [2.24, 2.45) is 0 Å². The maximum Gasteiger partial charge on any atom is 0.419 e. The van der Waals surface area contributed by atoms with Crippen LogP contribution < -0.4 is 10.9 Å². The molecule has 0 aliphatic heterocycles. The Morgan fingerprint density at radius 3 is 2.40 bits per heavy atom. The van der Waals surface area contributed by atoms with Crippen molar-refractivity contribution in [2.45, 2.75) is 77.6 Å². The molecule has 258 valence electrons. The van der Waals surface area contributed by atoms with Crippen molar-refractivity contribution in [3.8, 4) is 11.1 Å². The molecule has 0 saturated heterocycles. The molecular weight excluding hydrogens is 657 g/mol. The van der Waals surface area contributed by atoms with E-state index >= 15 is 4.39 Å². The van der Waals surface area contributed by atoms with Crippen LogP contribution >= 0.6 is 11.6 Å². The van der Waals surface area contributed by atoms with E-state index in [-0.39, 0.29) is 34.9 Å². The van der Waals surface area contributed by atoms with Crippen LogP contribution in [0.3, 0.4) is 0 Å². The van der Waals surface area contributed by atoms with Crippen LogP contribution in [0.1, 0.15) is 78.9 Å². The molecule has 1 heterocycles. The van der Waals surface area contributed by atoms with Gasteiger partial charge in [-0.2, -0.15) is 18.3 Å². The third-order valence-corrected chi connectivity index (χ3v) is 7.81. The van der Waals surface area contributed by atoms with E-state index in [1.165, 1.54) is 39.0 Å². The van der Waals surface area contributed by atoms with Crippen molar-refractivity contribution in [1.82, 2.24) is 15.1 Å². The second-order valence-corrected chi connectivity index (χ2v) is 11.6. The number of hydrogen-bond donors (Lipinski definition) is 1. The average Bonchev–Trinajstić information content (AvgIpc) is 2.99. The number of aryl methyl sites for hydroxylation is 3. The van der Waals surface area contributed by atoms with Crippen molar-refractivity contribution >= 4 is 23.5 Å². The van der Waals surface area contributed by atoms with Crippen molar-refractivity contribution in [3.05, 3.63) is 111 Å². The number of nitrogens with one attached hydrogen (secondary N) is 1. The molecule has 1 N–H and O–H groups in total. The Balaban J connectivity index is 2.26. The zero-order chi connectivity index (χ0) is 35.8. The molecule has 48 heavy (non-hydrogen) atoms. The number of benzene rings is 2. The van der Waals surface area contributed by atoms with Gasteiger partial charge >= 0.3 is 12.1 Å². The van der Waals surface area contributed by atoms with E-state index in [9.17, 15) is 31.9 Å². The summed E-state index contributed by atoms with van der Waals surface area (Å²) in [5.74, 6) is -4.22. The largest absolute Gasteiger partial charge is 0.466 e. The van der Waals surface area contributed by atoms with Crippen LogP contribution in [0.2, 0.25) is 5.15 Å². The van der Waals surface area contributed by atoms with Gasteiger partial charge in [0, 0.05) is 11.1 Å². The summed E-state index contributed by atoms with van der Waals surface area (Å²) in [4.78, 5) is 39.4. The summed E-state index contributed by atoms with van der Waals surface area (Å²) in [7, 11) is 0. The van der Waals surface area contributed by atoms with E-state index in [0.29, 0.717) is 42.9 Å². The number of rotatable bonds is 15. The van der Waals surface area contributed by atoms with Gasteiger partial charge < -0.3 is 10.1 Å². The van der Waals surface area contributed by atoms with Gasteiger partial charge in [0.25, 0.3) is 5.56 Å². The van der Waals surface area contributed by atoms with E-state index in [1.54, 1.807) is 6.08 Å². The number of esters is 1. The highest BCUT2D eigenvalue weighted by atomic mass is 35.5. The molecule has 3 rings (SSSR count). The molecule has 0 spiro atoms. The number of alkyl halides is 3. The predicted octanol–water partition coefficient (Wildman–Crippen LogP) is 8.30. The smallest absolute Gasteiger partial charge is 0.419 e. The molecule has 0 bridgehead atoms. The Hall–Kier alpha value is -4.32. The summed E-state index contributed by atoms with van der Waals surface area (Å²) < 4.78 is 79.5. The molecule has 0 unspecified atom stereocenters. The Labute approximate surface area is 280 Å². The van der Waals surface area contributed by atoms with Crippen molar-refractivity contribution < 1.29 is 36.3 Å². The zero-order valence-corrected chi connectivity index (χ0v) is 27.6. The van der Waals surface area contributed by atoms with Gasteiger partial charge in [0.1, 0.15) is 22.8 Å². The summed E-state index contributed by atoms with van der Waals surface area (Å²) in [6, 6.07) is 2.31. The maximum absolute atomic E-state index is 16.0. The van der Waals surface area contributed by atoms with Gasteiger partial charge in [0.15, 0.2) is 0 Å². The Kier molecular flexibility index (Phi) is 13.2. The lowest BCUT2D eigenvalue weighted by molar-refractivity contribution is -0.144. The molecular formula is C35H37ClF5N3O4. The van der Waals surface area contributed by atoms with Crippen LogP contribution in [0.15, 0.2) is 60.4 Å². The number of hydrogen-bond acceptors (Lipinski definition) is 5. The summed E-state index contributed by atoms with van der Waals surface area (Å²) >= 11 is 6.04. The number of ether oxygens (including phenoxy) is 1. The highest BCUT2D eigenvalue weighted by molar-refractivity contribution is 6.29. The molecule has 7 nitrogen and oxygen atoms in total. The Morgan fingerprint density at radius 2 is 1.77 bits per heavy atom. The number of unbranched alkanes of at least 4 members (excludes halogenated alkanes) is 2. The number of amides is 1. The fourth-order valence-electron chi connectivity index (χ4n) is 5.46. The third-order valence-electron chi connectivity index (χ3n) is 7.62. The topological polar surface area (TPSA) is 90.3 Å².